The normalized spacial score (nSPS) is 24.3. The van der Waals surface area contributed by atoms with Gasteiger partial charge in [0.2, 0.25) is 0 Å². The molecule has 5 atom stereocenters. The number of methoxy groups -OCH3 is 1. The predicted octanol–water partition coefficient (Wildman–Crippen LogP) is 6.64. The molecular formula is C30H33ClN2O2. The van der Waals surface area contributed by atoms with Crippen molar-refractivity contribution in [3.05, 3.63) is 72.3 Å². The molecule has 3 fully saturated rings. The molecule has 3 aromatic carbocycles. The summed E-state index contributed by atoms with van der Waals surface area (Å²) in [5, 5.41) is 15.2. The second kappa shape index (κ2) is 9.77. The van der Waals surface area contributed by atoms with Gasteiger partial charge in [-0.3, -0.25) is 4.90 Å². The Morgan fingerprint density at radius 1 is 1.06 bits per heavy atom. The van der Waals surface area contributed by atoms with Gasteiger partial charge in [0.15, 0.2) is 0 Å². The average Bonchev–Trinajstić information content (AvgIpc) is 2.91. The number of rotatable bonds is 5. The molecule has 7 rings (SSSR count). The minimum Gasteiger partial charge on any atom is -0.497 e. The fourth-order valence-electron chi connectivity index (χ4n) is 6.28. The van der Waals surface area contributed by atoms with Crippen LogP contribution in [0.1, 0.15) is 37.9 Å². The second-order valence-electron chi connectivity index (χ2n) is 10.0. The maximum Gasteiger partial charge on any atom is 0.119 e. The SMILES string of the molecule is CC[C@H]1CN2CC[C@H]1C[C@H]2[C@H](O)c1cc(-c2ccc3ccccc3c2)nc2ccc(OC)cc12.Cl. The molecule has 3 aliphatic heterocycles. The van der Waals surface area contributed by atoms with E-state index in [-0.39, 0.29) is 18.4 Å². The fraction of sp³-hybridized carbons (Fsp3) is 0.367. The Bertz CT molecular complexity index is 1360. The molecule has 1 N–H and O–H groups in total. The van der Waals surface area contributed by atoms with Gasteiger partial charge in [-0.25, -0.2) is 4.98 Å². The molecule has 182 valence electrons. The largest absolute Gasteiger partial charge is 0.497 e. The fourth-order valence-corrected chi connectivity index (χ4v) is 6.28. The van der Waals surface area contributed by atoms with Gasteiger partial charge < -0.3 is 9.84 Å². The highest BCUT2D eigenvalue weighted by molar-refractivity contribution is 5.90. The number of pyridine rings is 1. The maximum atomic E-state index is 11.8. The summed E-state index contributed by atoms with van der Waals surface area (Å²) in [6.07, 6.45) is 3.00. The molecule has 35 heavy (non-hydrogen) atoms. The number of aromatic nitrogens is 1. The number of hydrogen-bond acceptors (Lipinski definition) is 4. The van der Waals surface area contributed by atoms with Crippen molar-refractivity contribution in [1.29, 1.82) is 0 Å². The van der Waals surface area contributed by atoms with E-state index in [0.29, 0.717) is 0 Å². The maximum absolute atomic E-state index is 11.8. The van der Waals surface area contributed by atoms with Gasteiger partial charge in [0, 0.05) is 23.5 Å². The zero-order chi connectivity index (χ0) is 23.2. The van der Waals surface area contributed by atoms with Gasteiger partial charge in [-0.05, 0) is 77.9 Å². The first-order chi connectivity index (χ1) is 16.6. The van der Waals surface area contributed by atoms with Crippen molar-refractivity contribution < 1.29 is 9.84 Å². The molecule has 3 aliphatic rings. The molecule has 4 heterocycles. The summed E-state index contributed by atoms with van der Waals surface area (Å²) in [6.45, 7) is 4.50. The molecular weight excluding hydrogens is 456 g/mol. The molecule has 1 aromatic heterocycles. The topological polar surface area (TPSA) is 45.6 Å². The Morgan fingerprint density at radius 3 is 2.63 bits per heavy atom. The number of ether oxygens (including phenoxy) is 1. The van der Waals surface area contributed by atoms with Crippen molar-refractivity contribution in [1.82, 2.24) is 9.88 Å². The van der Waals surface area contributed by atoms with Crippen molar-refractivity contribution >= 4 is 34.1 Å². The molecule has 4 nitrogen and oxygen atoms in total. The van der Waals surface area contributed by atoms with Gasteiger partial charge in [-0.2, -0.15) is 0 Å². The number of halogens is 1. The van der Waals surface area contributed by atoms with E-state index < -0.39 is 6.10 Å². The minimum absolute atomic E-state index is 0. The molecule has 0 aliphatic carbocycles. The van der Waals surface area contributed by atoms with E-state index in [1.165, 1.54) is 23.6 Å². The van der Waals surface area contributed by atoms with Gasteiger partial charge in [-0.15, -0.1) is 12.4 Å². The van der Waals surface area contributed by atoms with E-state index in [1.807, 2.05) is 18.2 Å². The van der Waals surface area contributed by atoms with Gasteiger partial charge in [0.1, 0.15) is 5.75 Å². The van der Waals surface area contributed by atoms with Crippen LogP contribution in [0, 0.1) is 11.8 Å². The quantitative estimate of drug-likeness (QED) is 0.342. The van der Waals surface area contributed by atoms with E-state index in [4.69, 9.17) is 9.72 Å². The van der Waals surface area contributed by atoms with Gasteiger partial charge in [0.25, 0.3) is 0 Å². The number of aliphatic hydroxyl groups is 1. The first kappa shape index (κ1) is 24.1. The van der Waals surface area contributed by atoms with Crippen LogP contribution < -0.4 is 4.74 Å². The van der Waals surface area contributed by atoms with E-state index in [1.54, 1.807) is 7.11 Å². The van der Waals surface area contributed by atoms with Crippen molar-refractivity contribution in [3.63, 3.8) is 0 Å². The van der Waals surface area contributed by atoms with Gasteiger partial charge >= 0.3 is 0 Å². The van der Waals surface area contributed by atoms with Gasteiger partial charge in [-0.1, -0.05) is 49.7 Å². The highest BCUT2D eigenvalue weighted by Crippen LogP contribution is 2.43. The van der Waals surface area contributed by atoms with Crippen molar-refractivity contribution in [2.24, 2.45) is 11.8 Å². The molecule has 1 unspecified atom stereocenters. The van der Waals surface area contributed by atoms with Gasteiger partial charge in [0.05, 0.1) is 24.4 Å². The molecule has 0 radical (unpaired) electrons. The Kier molecular flexibility index (Phi) is 6.71. The predicted molar refractivity (Wildman–Crippen MR) is 145 cm³/mol. The lowest BCUT2D eigenvalue weighted by Gasteiger charge is -2.51. The number of benzene rings is 3. The number of aliphatic hydroxyl groups excluding tert-OH is 1. The van der Waals surface area contributed by atoms with Crippen molar-refractivity contribution in [2.75, 3.05) is 20.2 Å². The van der Waals surface area contributed by atoms with Crippen LogP contribution in [-0.2, 0) is 0 Å². The van der Waals surface area contributed by atoms with Crippen LogP contribution in [0.15, 0.2) is 66.7 Å². The van der Waals surface area contributed by atoms with Crippen LogP contribution in [-0.4, -0.2) is 41.2 Å². The van der Waals surface area contributed by atoms with Crippen molar-refractivity contribution in [3.8, 4) is 17.0 Å². The Hall–Kier alpha value is -2.66. The molecule has 0 saturated carbocycles. The molecule has 4 aromatic rings. The van der Waals surface area contributed by atoms with Crippen molar-refractivity contribution in [2.45, 2.75) is 38.3 Å². The number of fused-ring (bicyclic) bond motifs is 5. The first-order valence-electron chi connectivity index (χ1n) is 12.5. The highest BCUT2D eigenvalue weighted by atomic mass is 35.5. The van der Waals surface area contributed by atoms with E-state index in [2.05, 4.69) is 60.4 Å². The zero-order valence-corrected chi connectivity index (χ0v) is 21.2. The van der Waals surface area contributed by atoms with Crippen LogP contribution in [0.25, 0.3) is 32.9 Å². The van der Waals surface area contributed by atoms with Crippen LogP contribution in [0.5, 0.6) is 5.75 Å². The lowest BCUT2D eigenvalue weighted by atomic mass is 9.72. The molecule has 3 saturated heterocycles. The molecule has 0 spiro atoms. The average molecular weight is 489 g/mol. The number of hydrogen-bond donors (Lipinski definition) is 1. The Balaban J connectivity index is 0.00000253. The number of nitrogens with zero attached hydrogens (tertiary/aromatic N) is 2. The molecule has 2 bridgehead atoms. The van der Waals surface area contributed by atoms with E-state index >= 15 is 0 Å². The summed E-state index contributed by atoms with van der Waals surface area (Å²) in [6, 6.07) is 23.1. The van der Waals surface area contributed by atoms with E-state index in [0.717, 1.165) is 64.8 Å². The van der Waals surface area contributed by atoms with Crippen LogP contribution in [0.4, 0.5) is 0 Å². The second-order valence-corrected chi connectivity index (χ2v) is 10.0. The minimum atomic E-state index is -0.558. The van der Waals surface area contributed by atoms with Crippen LogP contribution in [0.3, 0.4) is 0 Å². The highest BCUT2D eigenvalue weighted by Gasteiger charge is 2.42. The summed E-state index contributed by atoms with van der Waals surface area (Å²) >= 11 is 0. The molecule has 0 amide bonds. The zero-order valence-electron chi connectivity index (χ0n) is 20.4. The first-order valence-corrected chi connectivity index (χ1v) is 12.5. The molecule has 5 heteroatoms. The monoisotopic (exact) mass is 488 g/mol. The Labute approximate surface area is 213 Å². The summed E-state index contributed by atoms with van der Waals surface area (Å²) in [5.41, 5.74) is 3.82. The summed E-state index contributed by atoms with van der Waals surface area (Å²) in [7, 11) is 1.69. The smallest absolute Gasteiger partial charge is 0.119 e. The summed E-state index contributed by atoms with van der Waals surface area (Å²) < 4.78 is 5.52. The van der Waals surface area contributed by atoms with Crippen LogP contribution in [0.2, 0.25) is 0 Å². The third kappa shape index (κ3) is 4.29. The third-order valence-electron chi connectivity index (χ3n) is 8.24. The summed E-state index contributed by atoms with van der Waals surface area (Å²) in [5.74, 6) is 2.27. The van der Waals surface area contributed by atoms with E-state index in [9.17, 15) is 5.11 Å². The third-order valence-corrected chi connectivity index (χ3v) is 8.24. The van der Waals surface area contributed by atoms with Crippen LogP contribution >= 0.6 is 12.4 Å². The lowest BCUT2D eigenvalue weighted by Crippen LogP contribution is -2.55. The standard InChI is InChI=1S/C30H32N2O2.ClH/c1-3-19-18-32-13-12-22(19)15-29(32)30(33)26-17-28(31-27-11-10-24(34-2)16-25(26)27)23-9-8-20-6-4-5-7-21(20)14-23;/h4-11,14,16-17,19,22,29-30,33H,3,12-13,15,18H2,1-2H3;1H/t19-,22-,29-,30+;/m0./s1. The number of piperidine rings is 3. The summed E-state index contributed by atoms with van der Waals surface area (Å²) in [4.78, 5) is 7.54. The lowest BCUT2D eigenvalue weighted by molar-refractivity contribution is -0.0562. The Morgan fingerprint density at radius 2 is 1.89 bits per heavy atom.